The third kappa shape index (κ3) is 7.85. The molecule has 0 aliphatic heterocycles. The first-order chi connectivity index (χ1) is 14.5. The summed E-state index contributed by atoms with van der Waals surface area (Å²) in [5, 5.41) is 9.19. The molecule has 0 saturated carbocycles. The Hall–Kier alpha value is -2.89. The van der Waals surface area contributed by atoms with E-state index in [1.54, 1.807) is 26.3 Å². The maximum absolute atomic E-state index is 12.3. The van der Waals surface area contributed by atoms with E-state index < -0.39 is 9.84 Å². The average molecular weight is 447 g/mol. The van der Waals surface area contributed by atoms with Crippen LogP contribution in [0.5, 0.6) is 17.2 Å². The maximum atomic E-state index is 12.3. The maximum Gasteiger partial charge on any atom is 0.241 e. The SMILES string of the molecule is CC.CN=POc1ccc(S(=O)(=O)c2ccc(O)cc2)cc1.COc1ccccc1. The molecule has 3 aromatic rings. The highest BCUT2D eigenvalue weighted by atomic mass is 32.2. The lowest BCUT2D eigenvalue weighted by atomic mass is 10.3. The smallest absolute Gasteiger partial charge is 0.241 e. The minimum absolute atomic E-state index is 0.0232. The molecule has 0 amide bonds. The molecule has 0 saturated heterocycles. The van der Waals surface area contributed by atoms with Crippen molar-refractivity contribution in [3.05, 3.63) is 78.9 Å². The second kappa shape index (κ2) is 13.4. The Morgan fingerprint density at radius 1 is 0.800 bits per heavy atom. The second-order valence-electron chi connectivity index (χ2n) is 5.36. The largest absolute Gasteiger partial charge is 0.508 e. The third-order valence-corrected chi connectivity index (χ3v) is 5.73. The molecule has 6 nitrogen and oxygen atoms in total. The number of nitrogens with zero attached hydrogens (tertiary/aromatic N) is 1. The van der Waals surface area contributed by atoms with Gasteiger partial charge in [-0.3, -0.25) is 0 Å². The van der Waals surface area contributed by atoms with E-state index in [-0.39, 0.29) is 15.5 Å². The van der Waals surface area contributed by atoms with E-state index in [9.17, 15) is 13.5 Å². The Balaban J connectivity index is 0.000000375. The molecule has 1 N–H and O–H groups in total. The predicted molar refractivity (Wildman–Crippen MR) is 120 cm³/mol. The topological polar surface area (TPSA) is 85.2 Å². The van der Waals surface area contributed by atoms with Gasteiger partial charge in [0, 0.05) is 7.05 Å². The Labute approximate surface area is 180 Å². The average Bonchev–Trinajstić information content (AvgIpc) is 2.80. The fourth-order valence-electron chi connectivity index (χ4n) is 2.09. The van der Waals surface area contributed by atoms with E-state index in [2.05, 4.69) is 4.74 Å². The quantitative estimate of drug-likeness (QED) is 0.485. The number of phenols is 1. The van der Waals surface area contributed by atoms with Crippen LogP contribution in [0.3, 0.4) is 0 Å². The van der Waals surface area contributed by atoms with Gasteiger partial charge >= 0.3 is 0 Å². The van der Waals surface area contributed by atoms with Crippen molar-refractivity contribution >= 4 is 18.4 Å². The molecule has 3 rings (SSSR count). The minimum Gasteiger partial charge on any atom is -0.508 e. The highest BCUT2D eigenvalue weighted by Crippen LogP contribution is 2.25. The van der Waals surface area contributed by atoms with Gasteiger partial charge < -0.3 is 14.4 Å². The number of sulfone groups is 1. The normalized spacial score (nSPS) is 10.3. The van der Waals surface area contributed by atoms with E-state index in [0.717, 1.165) is 5.75 Å². The van der Waals surface area contributed by atoms with E-state index in [4.69, 9.17) is 9.26 Å². The van der Waals surface area contributed by atoms with Crippen LogP contribution in [-0.4, -0.2) is 27.7 Å². The zero-order valence-corrected chi connectivity index (χ0v) is 19.1. The molecular formula is C22H26NO5PS. The van der Waals surface area contributed by atoms with Gasteiger partial charge in [0.15, 0.2) is 0 Å². The molecule has 8 heteroatoms. The molecule has 0 aliphatic carbocycles. The Kier molecular flexibility index (Phi) is 11.2. The Morgan fingerprint density at radius 2 is 1.30 bits per heavy atom. The Bertz CT molecular complexity index is 990. The van der Waals surface area contributed by atoms with Crippen LogP contribution in [0.15, 0.2) is 93.4 Å². The number of methoxy groups -OCH3 is 1. The number of hydrogen-bond acceptors (Lipinski definition) is 6. The zero-order chi connectivity index (χ0) is 22.4. The number of ether oxygens (including phenoxy) is 1. The Morgan fingerprint density at radius 3 is 1.73 bits per heavy atom. The van der Waals surface area contributed by atoms with Gasteiger partial charge in [0.2, 0.25) is 18.4 Å². The molecule has 0 atom stereocenters. The van der Waals surface area contributed by atoms with Crippen molar-refractivity contribution in [1.29, 1.82) is 0 Å². The van der Waals surface area contributed by atoms with Crippen LogP contribution in [0.4, 0.5) is 0 Å². The molecule has 0 heterocycles. The summed E-state index contributed by atoms with van der Waals surface area (Å²) in [7, 11) is 0.151. The molecule has 3 aromatic carbocycles. The van der Waals surface area contributed by atoms with Crippen molar-refractivity contribution in [2.24, 2.45) is 4.74 Å². The van der Waals surface area contributed by atoms with Gasteiger partial charge in [0.05, 0.1) is 16.9 Å². The zero-order valence-electron chi connectivity index (χ0n) is 17.4. The van der Waals surface area contributed by atoms with Gasteiger partial charge in [-0.1, -0.05) is 32.0 Å². The molecule has 0 aliphatic rings. The summed E-state index contributed by atoms with van der Waals surface area (Å²) in [6.07, 6.45) is 0. The predicted octanol–water partition coefficient (Wildman–Crippen LogP) is 6.00. The third-order valence-electron chi connectivity index (χ3n) is 3.49. The molecule has 30 heavy (non-hydrogen) atoms. The van der Waals surface area contributed by atoms with E-state index >= 15 is 0 Å². The molecule has 0 fully saturated rings. The van der Waals surface area contributed by atoms with Crippen molar-refractivity contribution in [3.63, 3.8) is 0 Å². The van der Waals surface area contributed by atoms with Crippen molar-refractivity contribution in [2.45, 2.75) is 23.6 Å². The van der Waals surface area contributed by atoms with Crippen molar-refractivity contribution in [1.82, 2.24) is 0 Å². The number of phenolic OH excluding ortho intramolecular Hbond substituents is 1. The molecule has 0 aromatic heterocycles. The van der Waals surface area contributed by atoms with E-state index in [0.29, 0.717) is 14.3 Å². The van der Waals surface area contributed by atoms with Crippen molar-refractivity contribution < 1.29 is 22.8 Å². The molecular weight excluding hydrogens is 421 g/mol. The van der Waals surface area contributed by atoms with Gasteiger partial charge in [-0.15, -0.1) is 0 Å². The molecule has 160 valence electrons. The summed E-state index contributed by atoms with van der Waals surface area (Å²) >= 11 is 0. The summed E-state index contributed by atoms with van der Waals surface area (Å²) < 4.78 is 38.6. The van der Waals surface area contributed by atoms with Gasteiger partial charge in [0.25, 0.3) is 0 Å². The highest BCUT2D eigenvalue weighted by molar-refractivity contribution is 7.91. The first-order valence-corrected chi connectivity index (χ1v) is 11.4. The number of para-hydroxylation sites is 1. The fourth-order valence-corrected chi connectivity index (χ4v) is 3.64. The lowest BCUT2D eigenvalue weighted by Gasteiger charge is -2.05. The molecule has 0 bridgehead atoms. The van der Waals surface area contributed by atoms with E-state index in [1.165, 1.54) is 36.4 Å². The van der Waals surface area contributed by atoms with E-state index in [1.807, 2.05) is 44.2 Å². The highest BCUT2D eigenvalue weighted by Gasteiger charge is 2.17. The number of rotatable bonds is 5. The lowest BCUT2D eigenvalue weighted by molar-refractivity contribution is 0.415. The summed E-state index contributed by atoms with van der Waals surface area (Å²) in [5.74, 6) is 1.48. The van der Waals surface area contributed by atoms with Crippen LogP contribution in [0, 0.1) is 0 Å². The number of hydrogen-bond donors (Lipinski definition) is 1. The van der Waals surface area contributed by atoms with Crippen LogP contribution in [0.25, 0.3) is 0 Å². The summed E-state index contributed by atoms with van der Waals surface area (Å²) in [6, 6.07) is 21.2. The summed E-state index contributed by atoms with van der Waals surface area (Å²) in [4.78, 5) is 0.297. The van der Waals surface area contributed by atoms with Gasteiger partial charge in [-0.05, 0) is 60.7 Å². The number of benzene rings is 3. The molecule has 0 spiro atoms. The summed E-state index contributed by atoms with van der Waals surface area (Å²) in [6.45, 7) is 4.00. The first-order valence-electron chi connectivity index (χ1n) is 9.16. The van der Waals surface area contributed by atoms with Crippen LogP contribution < -0.4 is 9.26 Å². The van der Waals surface area contributed by atoms with Gasteiger partial charge in [0.1, 0.15) is 17.2 Å². The van der Waals surface area contributed by atoms with Crippen molar-refractivity contribution in [3.8, 4) is 17.2 Å². The van der Waals surface area contributed by atoms with Gasteiger partial charge in [-0.25, -0.2) is 13.2 Å². The number of aromatic hydroxyl groups is 1. The fraction of sp³-hybridized carbons (Fsp3) is 0.182. The lowest BCUT2D eigenvalue weighted by Crippen LogP contribution is -2.01. The standard InChI is InChI=1S/C13H12NO4PS.C7H8O.C2H6/c1-14-19-18-11-4-8-13(9-5-11)20(16,17)12-6-2-10(15)3-7-12;1-8-7-5-3-2-4-6-7;1-2/h2-9,15H,1H3;2-6H,1H3;1-2H3. The molecule has 0 radical (unpaired) electrons. The minimum atomic E-state index is -3.59. The summed E-state index contributed by atoms with van der Waals surface area (Å²) in [5.41, 5.74) is 0. The van der Waals surface area contributed by atoms with Gasteiger partial charge in [-0.2, -0.15) is 0 Å². The first kappa shape index (κ1) is 25.1. The second-order valence-corrected chi connectivity index (χ2v) is 8.05. The van der Waals surface area contributed by atoms with Crippen molar-refractivity contribution in [2.75, 3.05) is 14.2 Å². The van der Waals surface area contributed by atoms with Crippen LogP contribution in [0.1, 0.15) is 13.8 Å². The van der Waals surface area contributed by atoms with Crippen LogP contribution in [-0.2, 0) is 9.84 Å². The monoisotopic (exact) mass is 447 g/mol. The van der Waals surface area contributed by atoms with Crippen LogP contribution >= 0.6 is 8.60 Å². The van der Waals surface area contributed by atoms with Crippen LogP contribution in [0.2, 0.25) is 0 Å². The molecule has 0 unspecified atom stereocenters.